The van der Waals surface area contributed by atoms with Crippen molar-refractivity contribution in [3.63, 3.8) is 0 Å². The molecule has 98 valence electrons. The zero-order valence-electron chi connectivity index (χ0n) is 10.8. The fraction of sp³-hybridized carbons (Fsp3) is 0.600. The van der Waals surface area contributed by atoms with Crippen LogP contribution in [0.4, 0.5) is 0 Å². The van der Waals surface area contributed by atoms with Gasteiger partial charge in [0.1, 0.15) is 11.4 Å². The fourth-order valence-electron chi connectivity index (χ4n) is 3.22. The van der Waals surface area contributed by atoms with Crippen molar-refractivity contribution in [1.82, 2.24) is 0 Å². The second-order valence-corrected chi connectivity index (χ2v) is 6.48. The van der Waals surface area contributed by atoms with Crippen molar-refractivity contribution in [3.05, 3.63) is 28.8 Å². The molecule has 1 unspecified atom stereocenters. The van der Waals surface area contributed by atoms with Crippen LogP contribution in [0.1, 0.15) is 50.6 Å². The van der Waals surface area contributed by atoms with Crippen LogP contribution in [0, 0.1) is 5.92 Å². The zero-order valence-corrected chi connectivity index (χ0v) is 11.5. The molecule has 2 atom stereocenters. The number of rotatable bonds is 2. The Morgan fingerprint density at radius 1 is 1.44 bits per heavy atom. The Morgan fingerprint density at radius 2 is 2.22 bits per heavy atom. The minimum Gasteiger partial charge on any atom is -0.487 e. The van der Waals surface area contributed by atoms with Crippen LogP contribution in [0.3, 0.4) is 0 Å². The third-order valence-corrected chi connectivity index (χ3v) is 4.56. The number of hydrogen-bond donors (Lipinski definition) is 1. The average molecular weight is 266 g/mol. The summed E-state index contributed by atoms with van der Waals surface area (Å²) < 4.78 is 6.21. The molecule has 1 aromatic rings. The molecule has 3 rings (SSSR count). The molecule has 1 aliphatic carbocycles. The Hall–Kier alpha value is -0.730. The Kier molecular flexibility index (Phi) is 3.03. The first-order chi connectivity index (χ1) is 8.56. The summed E-state index contributed by atoms with van der Waals surface area (Å²) in [6.45, 7) is 2.20. The van der Waals surface area contributed by atoms with E-state index in [9.17, 15) is 0 Å². The third-order valence-electron chi connectivity index (χ3n) is 4.32. The normalized spacial score (nSPS) is 31.4. The predicted octanol–water partition coefficient (Wildman–Crippen LogP) is 4.07. The molecule has 2 nitrogen and oxygen atoms in total. The zero-order chi connectivity index (χ0) is 12.8. The van der Waals surface area contributed by atoms with Gasteiger partial charge in [-0.15, -0.1) is 0 Å². The SMILES string of the molecule is CC1(CC2CCC2)C[C@H](N)c2cc(Cl)ccc2O1. The molecule has 0 amide bonds. The summed E-state index contributed by atoms with van der Waals surface area (Å²) in [6.07, 6.45) is 6.09. The number of benzene rings is 1. The molecule has 2 aliphatic rings. The molecule has 0 aromatic heterocycles. The molecular formula is C15H20ClNO. The minimum absolute atomic E-state index is 0.0394. The van der Waals surface area contributed by atoms with Crippen LogP contribution in [0.2, 0.25) is 5.02 Å². The highest BCUT2D eigenvalue weighted by Gasteiger charge is 2.38. The van der Waals surface area contributed by atoms with Gasteiger partial charge in [-0.2, -0.15) is 0 Å². The Balaban J connectivity index is 1.83. The van der Waals surface area contributed by atoms with Gasteiger partial charge in [-0.25, -0.2) is 0 Å². The van der Waals surface area contributed by atoms with Crippen LogP contribution < -0.4 is 10.5 Å². The summed E-state index contributed by atoms with van der Waals surface area (Å²) in [5.74, 6) is 1.75. The van der Waals surface area contributed by atoms with Crippen molar-refractivity contribution in [3.8, 4) is 5.75 Å². The molecule has 1 saturated carbocycles. The van der Waals surface area contributed by atoms with Crippen molar-refractivity contribution in [2.45, 2.75) is 50.7 Å². The Bertz CT molecular complexity index is 458. The second kappa shape index (κ2) is 4.43. The van der Waals surface area contributed by atoms with Gasteiger partial charge in [0.15, 0.2) is 0 Å². The van der Waals surface area contributed by atoms with Gasteiger partial charge in [-0.1, -0.05) is 30.9 Å². The van der Waals surface area contributed by atoms with E-state index in [4.69, 9.17) is 22.1 Å². The molecule has 1 fully saturated rings. The summed E-state index contributed by atoms with van der Waals surface area (Å²) in [5, 5.41) is 0.732. The van der Waals surface area contributed by atoms with Gasteiger partial charge >= 0.3 is 0 Å². The predicted molar refractivity (Wildman–Crippen MR) is 74.0 cm³/mol. The molecule has 2 N–H and O–H groups in total. The first-order valence-electron chi connectivity index (χ1n) is 6.80. The summed E-state index contributed by atoms with van der Waals surface area (Å²) in [4.78, 5) is 0. The van der Waals surface area contributed by atoms with Crippen LogP contribution >= 0.6 is 11.6 Å². The highest BCUT2D eigenvalue weighted by molar-refractivity contribution is 6.30. The van der Waals surface area contributed by atoms with Gasteiger partial charge < -0.3 is 10.5 Å². The first-order valence-corrected chi connectivity index (χ1v) is 7.18. The number of hydrogen-bond acceptors (Lipinski definition) is 2. The van der Waals surface area contributed by atoms with E-state index in [0.717, 1.165) is 35.1 Å². The van der Waals surface area contributed by atoms with Crippen molar-refractivity contribution >= 4 is 11.6 Å². The maximum atomic E-state index is 6.29. The number of fused-ring (bicyclic) bond motifs is 1. The van der Waals surface area contributed by atoms with Crippen LogP contribution in [0.5, 0.6) is 5.75 Å². The van der Waals surface area contributed by atoms with E-state index in [1.54, 1.807) is 0 Å². The van der Waals surface area contributed by atoms with E-state index in [1.807, 2.05) is 18.2 Å². The van der Waals surface area contributed by atoms with Crippen molar-refractivity contribution in [1.29, 1.82) is 0 Å². The van der Waals surface area contributed by atoms with E-state index in [-0.39, 0.29) is 11.6 Å². The largest absolute Gasteiger partial charge is 0.487 e. The summed E-state index contributed by atoms with van der Waals surface area (Å²) in [7, 11) is 0. The van der Waals surface area contributed by atoms with Gasteiger partial charge in [-0.05, 0) is 37.5 Å². The molecule has 0 radical (unpaired) electrons. The molecule has 1 aromatic carbocycles. The highest BCUT2D eigenvalue weighted by Crippen LogP contribution is 2.44. The average Bonchev–Trinajstić information content (AvgIpc) is 2.25. The number of nitrogens with two attached hydrogens (primary N) is 1. The van der Waals surface area contributed by atoms with E-state index < -0.39 is 0 Å². The van der Waals surface area contributed by atoms with E-state index in [0.29, 0.717) is 0 Å². The second-order valence-electron chi connectivity index (χ2n) is 6.05. The van der Waals surface area contributed by atoms with Crippen LogP contribution in [0.15, 0.2) is 18.2 Å². The molecule has 18 heavy (non-hydrogen) atoms. The van der Waals surface area contributed by atoms with E-state index in [1.165, 1.54) is 19.3 Å². The quantitative estimate of drug-likeness (QED) is 0.875. The van der Waals surface area contributed by atoms with Crippen molar-refractivity contribution in [2.75, 3.05) is 0 Å². The number of ether oxygens (including phenoxy) is 1. The minimum atomic E-state index is -0.106. The van der Waals surface area contributed by atoms with Gasteiger partial charge in [0, 0.05) is 23.0 Å². The lowest BCUT2D eigenvalue weighted by atomic mass is 9.74. The fourth-order valence-corrected chi connectivity index (χ4v) is 3.40. The van der Waals surface area contributed by atoms with Crippen LogP contribution in [-0.2, 0) is 0 Å². The van der Waals surface area contributed by atoms with Gasteiger partial charge in [0.2, 0.25) is 0 Å². The van der Waals surface area contributed by atoms with Crippen LogP contribution in [0.25, 0.3) is 0 Å². The van der Waals surface area contributed by atoms with Gasteiger partial charge in [0.05, 0.1) is 0 Å². The lowest BCUT2D eigenvalue weighted by Crippen LogP contribution is -2.42. The Morgan fingerprint density at radius 3 is 2.89 bits per heavy atom. The summed E-state index contributed by atoms with van der Waals surface area (Å²) >= 11 is 6.02. The summed E-state index contributed by atoms with van der Waals surface area (Å²) in [5.41, 5.74) is 7.23. The lowest BCUT2D eigenvalue weighted by molar-refractivity contribution is 0.0171. The molecule has 0 spiro atoms. The standard InChI is InChI=1S/C15H20ClNO/c1-15(8-10-3-2-4-10)9-13(17)12-7-11(16)5-6-14(12)18-15/h5-7,10,13H,2-4,8-9,17H2,1H3/t13-,15?/m0/s1. The van der Waals surface area contributed by atoms with E-state index in [2.05, 4.69) is 6.92 Å². The van der Waals surface area contributed by atoms with Crippen molar-refractivity contribution in [2.24, 2.45) is 11.7 Å². The van der Waals surface area contributed by atoms with Crippen molar-refractivity contribution < 1.29 is 4.74 Å². The lowest BCUT2D eigenvalue weighted by Gasteiger charge is -2.42. The van der Waals surface area contributed by atoms with E-state index >= 15 is 0 Å². The monoisotopic (exact) mass is 265 g/mol. The Labute approximate surface area is 113 Å². The first kappa shape index (κ1) is 12.3. The number of halogens is 1. The molecular weight excluding hydrogens is 246 g/mol. The molecule has 0 saturated heterocycles. The topological polar surface area (TPSA) is 35.2 Å². The molecule has 3 heteroatoms. The molecule has 1 aliphatic heterocycles. The molecule has 0 bridgehead atoms. The maximum absolute atomic E-state index is 6.29. The highest BCUT2D eigenvalue weighted by atomic mass is 35.5. The smallest absolute Gasteiger partial charge is 0.125 e. The summed E-state index contributed by atoms with van der Waals surface area (Å²) in [6, 6.07) is 5.81. The van der Waals surface area contributed by atoms with Gasteiger partial charge in [0.25, 0.3) is 0 Å². The third kappa shape index (κ3) is 2.24. The van der Waals surface area contributed by atoms with Crippen LogP contribution in [-0.4, -0.2) is 5.60 Å². The maximum Gasteiger partial charge on any atom is 0.125 e. The van der Waals surface area contributed by atoms with Gasteiger partial charge in [-0.3, -0.25) is 0 Å². The molecule has 1 heterocycles.